The molecule has 1 aromatic carbocycles. The van der Waals surface area contributed by atoms with Crippen LogP contribution in [0.3, 0.4) is 0 Å². The highest BCUT2D eigenvalue weighted by molar-refractivity contribution is 7.90. The summed E-state index contributed by atoms with van der Waals surface area (Å²) in [4.78, 5) is 9.65. The van der Waals surface area contributed by atoms with Crippen molar-refractivity contribution in [3.63, 3.8) is 0 Å². The molecule has 21 heavy (non-hydrogen) atoms. The summed E-state index contributed by atoms with van der Waals surface area (Å²) in [7, 11) is -3.82. The van der Waals surface area contributed by atoms with Crippen molar-refractivity contribution in [2.75, 3.05) is 18.1 Å². The van der Waals surface area contributed by atoms with Crippen molar-refractivity contribution in [2.45, 2.75) is 23.9 Å². The van der Waals surface area contributed by atoms with Crippen LogP contribution in [0.1, 0.15) is 12.8 Å². The Hall–Kier alpha value is -1.84. The molecular formula is C11H13F3N2O4S. The van der Waals surface area contributed by atoms with Gasteiger partial charge in [-0.1, -0.05) is 6.07 Å². The molecule has 0 saturated heterocycles. The molecule has 0 heterocycles. The number of hydrogen-bond acceptors (Lipinski definition) is 5. The van der Waals surface area contributed by atoms with Crippen molar-refractivity contribution in [3.05, 3.63) is 28.3 Å². The van der Waals surface area contributed by atoms with E-state index in [4.69, 9.17) is 0 Å². The van der Waals surface area contributed by atoms with Gasteiger partial charge in [0.25, 0.3) is 0 Å². The van der Waals surface area contributed by atoms with Crippen LogP contribution in [0, 0.1) is 10.1 Å². The first-order valence-electron chi connectivity index (χ1n) is 5.80. The predicted molar refractivity (Wildman–Crippen MR) is 70.0 cm³/mol. The Bertz CT molecular complexity index is 629. The lowest BCUT2D eigenvalue weighted by Gasteiger charge is -2.10. The maximum atomic E-state index is 12.0. The first-order chi connectivity index (χ1) is 9.52. The molecule has 6 nitrogen and oxygen atoms in total. The number of hydrogen-bond donors (Lipinski definition) is 1. The summed E-state index contributed by atoms with van der Waals surface area (Å²) in [5.74, 6) is 0. The fourth-order valence-corrected chi connectivity index (χ4v) is 2.53. The summed E-state index contributed by atoms with van der Waals surface area (Å²) < 4.78 is 59.0. The lowest BCUT2D eigenvalue weighted by Crippen LogP contribution is -2.12. The second-order valence-corrected chi connectivity index (χ2v) is 6.31. The highest BCUT2D eigenvalue weighted by Gasteiger charge is 2.27. The summed E-state index contributed by atoms with van der Waals surface area (Å²) in [6.45, 7) is -0.159. The summed E-state index contributed by atoms with van der Waals surface area (Å²) in [6, 6.07) is 3.62. The third-order valence-electron chi connectivity index (χ3n) is 2.53. The van der Waals surface area contributed by atoms with Crippen LogP contribution >= 0.6 is 0 Å². The Balaban J connectivity index is 2.96. The Morgan fingerprint density at radius 2 is 1.95 bits per heavy atom. The highest BCUT2D eigenvalue weighted by Crippen LogP contribution is 2.32. The van der Waals surface area contributed by atoms with E-state index in [1.807, 2.05) is 0 Å². The van der Waals surface area contributed by atoms with Gasteiger partial charge in [0.05, 0.1) is 4.92 Å². The van der Waals surface area contributed by atoms with Crippen molar-refractivity contribution in [3.8, 4) is 0 Å². The van der Waals surface area contributed by atoms with Crippen LogP contribution in [-0.4, -0.2) is 32.3 Å². The molecule has 0 aliphatic carbocycles. The van der Waals surface area contributed by atoms with Crippen LogP contribution < -0.4 is 5.32 Å². The number of alkyl halides is 3. The molecule has 0 fully saturated rings. The molecule has 0 radical (unpaired) electrons. The molecule has 0 saturated carbocycles. The number of benzene rings is 1. The monoisotopic (exact) mass is 326 g/mol. The van der Waals surface area contributed by atoms with E-state index in [-0.39, 0.29) is 18.7 Å². The molecule has 0 amide bonds. The largest absolute Gasteiger partial charge is 0.389 e. The minimum atomic E-state index is -4.30. The van der Waals surface area contributed by atoms with Gasteiger partial charge in [-0.15, -0.1) is 0 Å². The molecule has 10 heteroatoms. The topological polar surface area (TPSA) is 89.3 Å². The SMILES string of the molecule is CS(=O)(=O)c1cccc(NCCCC(F)(F)F)c1[N+](=O)[O-]. The fraction of sp³-hybridized carbons (Fsp3) is 0.455. The zero-order valence-electron chi connectivity index (χ0n) is 11.0. The first kappa shape index (κ1) is 17.2. The zero-order chi connectivity index (χ0) is 16.3. The first-order valence-corrected chi connectivity index (χ1v) is 7.69. The van der Waals surface area contributed by atoms with E-state index in [1.165, 1.54) is 12.1 Å². The number of sulfone groups is 1. The lowest BCUT2D eigenvalue weighted by molar-refractivity contribution is -0.386. The third-order valence-corrected chi connectivity index (χ3v) is 3.66. The molecule has 0 bridgehead atoms. The minimum Gasteiger partial charge on any atom is -0.379 e. The molecule has 1 rings (SSSR count). The molecule has 0 aliphatic rings. The lowest BCUT2D eigenvalue weighted by atomic mass is 10.2. The molecule has 0 spiro atoms. The normalized spacial score (nSPS) is 12.2. The average molecular weight is 326 g/mol. The summed E-state index contributed by atoms with van der Waals surface area (Å²) in [5.41, 5.74) is -0.780. The highest BCUT2D eigenvalue weighted by atomic mass is 32.2. The predicted octanol–water partition coefficient (Wildman–Crippen LogP) is 2.75. The van der Waals surface area contributed by atoms with Crippen molar-refractivity contribution in [1.82, 2.24) is 0 Å². The van der Waals surface area contributed by atoms with Gasteiger partial charge in [0.15, 0.2) is 9.84 Å². The number of rotatable bonds is 6. The maximum absolute atomic E-state index is 12.0. The van der Waals surface area contributed by atoms with Crippen LogP contribution in [0.15, 0.2) is 23.1 Å². The van der Waals surface area contributed by atoms with Gasteiger partial charge in [-0.25, -0.2) is 8.42 Å². The number of nitrogens with one attached hydrogen (secondary N) is 1. The zero-order valence-corrected chi connectivity index (χ0v) is 11.8. The van der Waals surface area contributed by atoms with E-state index in [1.54, 1.807) is 0 Å². The second kappa shape index (κ2) is 6.29. The van der Waals surface area contributed by atoms with Gasteiger partial charge in [-0.05, 0) is 18.6 Å². The number of para-hydroxylation sites is 1. The van der Waals surface area contributed by atoms with Gasteiger partial charge in [0.2, 0.25) is 0 Å². The third kappa shape index (κ3) is 5.21. The van der Waals surface area contributed by atoms with Gasteiger partial charge in [0, 0.05) is 19.2 Å². The molecule has 118 valence electrons. The number of anilines is 1. The Morgan fingerprint density at radius 1 is 1.33 bits per heavy atom. The Kier molecular flexibility index (Phi) is 5.15. The van der Waals surface area contributed by atoms with Crippen molar-refractivity contribution in [1.29, 1.82) is 0 Å². The number of nitro groups is 1. The van der Waals surface area contributed by atoms with Crippen LogP contribution in [0.2, 0.25) is 0 Å². The van der Waals surface area contributed by atoms with Crippen molar-refractivity contribution in [2.24, 2.45) is 0 Å². The van der Waals surface area contributed by atoms with E-state index >= 15 is 0 Å². The van der Waals surface area contributed by atoms with E-state index in [9.17, 15) is 31.7 Å². The molecule has 0 unspecified atom stereocenters. The molecule has 0 atom stereocenters. The quantitative estimate of drug-likeness (QED) is 0.493. The van der Waals surface area contributed by atoms with E-state index < -0.39 is 37.9 Å². The summed E-state index contributed by atoms with van der Waals surface area (Å²) in [5, 5.41) is 13.5. The fourth-order valence-electron chi connectivity index (χ4n) is 1.66. The van der Waals surface area contributed by atoms with E-state index in [0.717, 1.165) is 12.3 Å². The van der Waals surface area contributed by atoms with Gasteiger partial charge >= 0.3 is 11.9 Å². The van der Waals surface area contributed by atoms with Gasteiger partial charge in [-0.2, -0.15) is 13.2 Å². The Labute approximate surface area is 119 Å². The van der Waals surface area contributed by atoms with Crippen molar-refractivity contribution >= 4 is 21.2 Å². The Morgan fingerprint density at radius 3 is 2.43 bits per heavy atom. The van der Waals surface area contributed by atoms with Gasteiger partial charge < -0.3 is 5.32 Å². The van der Waals surface area contributed by atoms with Crippen LogP contribution in [0.25, 0.3) is 0 Å². The molecule has 0 aromatic heterocycles. The van der Waals surface area contributed by atoms with Crippen LogP contribution in [0.5, 0.6) is 0 Å². The van der Waals surface area contributed by atoms with Crippen LogP contribution in [-0.2, 0) is 9.84 Å². The van der Waals surface area contributed by atoms with E-state index in [2.05, 4.69) is 5.32 Å². The number of nitro benzene ring substituents is 1. The average Bonchev–Trinajstić information content (AvgIpc) is 2.31. The standard InChI is InChI=1S/C11H13F3N2O4S/c1-21(19,20)9-5-2-4-8(10(9)16(17)18)15-7-3-6-11(12,13)14/h2,4-5,15H,3,6-7H2,1H3. The molecular weight excluding hydrogens is 313 g/mol. The van der Waals surface area contributed by atoms with Gasteiger partial charge in [0.1, 0.15) is 10.6 Å². The number of nitrogens with zero attached hydrogens (tertiary/aromatic N) is 1. The second-order valence-electron chi connectivity index (χ2n) is 4.33. The summed E-state index contributed by atoms with van der Waals surface area (Å²) >= 11 is 0. The molecule has 1 aromatic rings. The smallest absolute Gasteiger partial charge is 0.379 e. The van der Waals surface area contributed by atoms with E-state index in [0.29, 0.717) is 0 Å². The van der Waals surface area contributed by atoms with Crippen molar-refractivity contribution < 1.29 is 26.5 Å². The maximum Gasteiger partial charge on any atom is 0.389 e. The molecule has 1 N–H and O–H groups in total. The summed E-state index contributed by atoms with van der Waals surface area (Å²) in [6.07, 6.45) is -4.78. The van der Waals surface area contributed by atoms with Crippen LogP contribution in [0.4, 0.5) is 24.5 Å². The molecule has 0 aliphatic heterocycles. The number of halogens is 3. The minimum absolute atomic E-state index is 0.120. The van der Waals surface area contributed by atoms with Gasteiger partial charge in [-0.3, -0.25) is 10.1 Å².